The van der Waals surface area contributed by atoms with E-state index in [1.54, 1.807) is 0 Å². The second kappa shape index (κ2) is 5.19. The SMILES string of the molecule is Cc1ccc(Br)cc1NC(=O)[C@@H](N)CC1CC1. The molecule has 0 saturated heterocycles. The zero-order chi connectivity index (χ0) is 12.4. The van der Waals surface area contributed by atoms with Crippen molar-refractivity contribution >= 4 is 27.5 Å². The van der Waals surface area contributed by atoms with Crippen molar-refractivity contribution in [2.75, 3.05) is 5.32 Å². The molecular weight excluding hydrogens is 280 g/mol. The lowest BCUT2D eigenvalue weighted by Gasteiger charge is -2.13. The van der Waals surface area contributed by atoms with E-state index in [1.165, 1.54) is 12.8 Å². The Morgan fingerprint density at radius 1 is 1.59 bits per heavy atom. The number of anilines is 1. The Morgan fingerprint density at radius 2 is 2.29 bits per heavy atom. The van der Waals surface area contributed by atoms with Gasteiger partial charge in [-0.1, -0.05) is 34.8 Å². The molecule has 1 saturated carbocycles. The van der Waals surface area contributed by atoms with Crippen molar-refractivity contribution in [3.63, 3.8) is 0 Å². The molecule has 0 aromatic heterocycles. The van der Waals surface area contributed by atoms with E-state index in [1.807, 2.05) is 25.1 Å². The number of aryl methyl sites for hydroxylation is 1. The molecule has 1 aromatic rings. The first-order chi connectivity index (χ1) is 8.06. The van der Waals surface area contributed by atoms with E-state index in [0.717, 1.165) is 22.1 Å². The highest BCUT2D eigenvalue weighted by Crippen LogP contribution is 2.33. The molecule has 0 spiro atoms. The van der Waals surface area contributed by atoms with Gasteiger partial charge in [-0.05, 0) is 37.0 Å². The quantitative estimate of drug-likeness (QED) is 0.898. The Hall–Kier alpha value is -0.870. The molecule has 0 unspecified atom stereocenters. The summed E-state index contributed by atoms with van der Waals surface area (Å²) in [5.41, 5.74) is 7.74. The highest BCUT2D eigenvalue weighted by atomic mass is 79.9. The van der Waals surface area contributed by atoms with Gasteiger partial charge in [-0.25, -0.2) is 0 Å². The normalized spacial score (nSPS) is 16.6. The Bertz CT molecular complexity index is 429. The van der Waals surface area contributed by atoms with Crippen molar-refractivity contribution in [3.8, 4) is 0 Å². The number of nitrogens with two attached hydrogens (primary N) is 1. The van der Waals surface area contributed by atoms with E-state index in [2.05, 4.69) is 21.2 Å². The monoisotopic (exact) mass is 296 g/mol. The van der Waals surface area contributed by atoms with Crippen LogP contribution < -0.4 is 11.1 Å². The summed E-state index contributed by atoms with van der Waals surface area (Å²) in [6.07, 6.45) is 3.24. The van der Waals surface area contributed by atoms with Gasteiger partial charge in [0.15, 0.2) is 0 Å². The molecule has 1 aliphatic rings. The lowest BCUT2D eigenvalue weighted by molar-refractivity contribution is -0.117. The number of benzene rings is 1. The standard InChI is InChI=1S/C13H17BrN2O/c1-8-2-5-10(14)7-12(8)16-13(17)11(15)6-9-3-4-9/h2,5,7,9,11H,3-4,6,15H2,1H3,(H,16,17)/t11-/m0/s1. The minimum atomic E-state index is -0.388. The fraction of sp³-hybridized carbons (Fsp3) is 0.462. The van der Waals surface area contributed by atoms with Crippen LogP contribution in [0.4, 0.5) is 5.69 Å². The number of halogens is 1. The van der Waals surface area contributed by atoms with E-state index < -0.39 is 0 Å². The van der Waals surface area contributed by atoms with Gasteiger partial charge >= 0.3 is 0 Å². The molecule has 3 nitrogen and oxygen atoms in total. The molecule has 92 valence electrons. The van der Waals surface area contributed by atoms with Crippen LogP contribution in [0.5, 0.6) is 0 Å². The van der Waals surface area contributed by atoms with Gasteiger partial charge in [0.25, 0.3) is 0 Å². The van der Waals surface area contributed by atoms with Crippen molar-refractivity contribution in [2.45, 2.75) is 32.2 Å². The molecule has 17 heavy (non-hydrogen) atoms. The van der Waals surface area contributed by atoms with E-state index >= 15 is 0 Å². The van der Waals surface area contributed by atoms with Crippen molar-refractivity contribution in [1.82, 2.24) is 0 Å². The topological polar surface area (TPSA) is 55.1 Å². The van der Waals surface area contributed by atoms with Crippen LogP contribution in [0, 0.1) is 12.8 Å². The van der Waals surface area contributed by atoms with Crippen LogP contribution in [0.2, 0.25) is 0 Å². The third-order valence-electron chi connectivity index (χ3n) is 3.08. The van der Waals surface area contributed by atoms with Crippen molar-refractivity contribution in [1.29, 1.82) is 0 Å². The Balaban J connectivity index is 1.98. The highest BCUT2D eigenvalue weighted by Gasteiger charge is 2.27. The van der Waals surface area contributed by atoms with Gasteiger partial charge in [0, 0.05) is 10.2 Å². The fourth-order valence-corrected chi connectivity index (χ4v) is 2.14. The van der Waals surface area contributed by atoms with E-state index in [0.29, 0.717) is 5.92 Å². The number of carbonyl (C=O) groups is 1. The van der Waals surface area contributed by atoms with Crippen LogP contribution in [-0.4, -0.2) is 11.9 Å². The first-order valence-corrected chi connectivity index (χ1v) is 6.68. The molecule has 4 heteroatoms. The molecule has 2 rings (SSSR count). The number of nitrogens with one attached hydrogen (secondary N) is 1. The minimum absolute atomic E-state index is 0.0851. The summed E-state index contributed by atoms with van der Waals surface area (Å²) in [5.74, 6) is 0.581. The van der Waals surface area contributed by atoms with Crippen LogP contribution in [0.3, 0.4) is 0 Å². The number of hydrogen-bond donors (Lipinski definition) is 2. The van der Waals surface area contributed by atoms with Gasteiger partial charge in [0.2, 0.25) is 5.91 Å². The molecule has 3 N–H and O–H groups in total. The van der Waals surface area contributed by atoms with Gasteiger partial charge in [-0.15, -0.1) is 0 Å². The zero-order valence-corrected chi connectivity index (χ0v) is 11.5. The predicted molar refractivity (Wildman–Crippen MR) is 72.8 cm³/mol. The van der Waals surface area contributed by atoms with Crippen LogP contribution in [0.25, 0.3) is 0 Å². The van der Waals surface area contributed by atoms with Gasteiger partial charge in [-0.3, -0.25) is 4.79 Å². The summed E-state index contributed by atoms with van der Waals surface area (Å²) in [6.45, 7) is 1.97. The molecule has 1 aromatic carbocycles. The first-order valence-electron chi connectivity index (χ1n) is 5.89. The van der Waals surface area contributed by atoms with Crippen molar-refractivity contribution in [3.05, 3.63) is 28.2 Å². The third-order valence-corrected chi connectivity index (χ3v) is 3.57. The Labute approximate surface area is 110 Å². The number of hydrogen-bond acceptors (Lipinski definition) is 2. The fourth-order valence-electron chi connectivity index (χ4n) is 1.77. The Kier molecular flexibility index (Phi) is 3.84. The maximum Gasteiger partial charge on any atom is 0.241 e. The average Bonchev–Trinajstić information content (AvgIpc) is 3.07. The zero-order valence-electron chi connectivity index (χ0n) is 9.87. The Morgan fingerprint density at radius 3 is 2.94 bits per heavy atom. The summed E-state index contributed by atoms with van der Waals surface area (Å²) in [4.78, 5) is 11.9. The second-order valence-corrected chi connectivity index (χ2v) is 5.65. The highest BCUT2D eigenvalue weighted by molar-refractivity contribution is 9.10. The summed E-state index contributed by atoms with van der Waals surface area (Å²) in [7, 11) is 0. The molecule has 0 heterocycles. The van der Waals surface area contributed by atoms with Gasteiger partial charge in [0.05, 0.1) is 6.04 Å². The molecule has 0 aliphatic heterocycles. The average molecular weight is 297 g/mol. The summed E-state index contributed by atoms with van der Waals surface area (Å²) >= 11 is 3.39. The summed E-state index contributed by atoms with van der Waals surface area (Å²) < 4.78 is 0.953. The van der Waals surface area contributed by atoms with E-state index in [-0.39, 0.29) is 11.9 Å². The van der Waals surface area contributed by atoms with E-state index in [4.69, 9.17) is 5.73 Å². The molecule has 0 radical (unpaired) electrons. The number of amides is 1. The van der Waals surface area contributed by atoms with E-state index in [9.17, 15) is 4.79 Å². The summed E-state index contributed by atoms with van der Waals surface area (Å²) in [5, 5.41) is 2.89. The first kappa shape index (κ1) is 12.6. The lowest BCUT2D eigenvalue weighted by atomic mass is 10.1. The maximum absolute atomic E-state index is 11.9. The van der Waals surface area contributed by atoms with Gasteiger partial charge < -0.3 is 11.1 Å². The lowest BCUT2D eigenvalue weighted by Crippen LogP contribution is -2.36. The molecule has 0 bridgehead atoms. The second-order valence-electron chi connectivity index (χ2n) is 4.73. The molecule has 1 aliphatic carbocycles. The molecule has 1 fully saturated rings. The number of carbonyl (C=O) groups excluding carboxylic acids is 1. The van der Waals surface area contributed by atoms with Gasteiger partial charge in [-0.2, -0.15) is 0 Å². The molecular formula is C13H17BrN2O. The number of rotatable bonds is 4. The smallest absolute Gasteiger partial charge is 0.241 e. The summed E-state index contributed by atoms with van der Waals surface area (Å²) in [6, 6.07) is 5.43. The minimum Gasteiger partial charge on any atom is -0.324 e. The van der Waals surface area contributed by atoms with Crippen molar-refractivity contribution in [2.24, 2.45) is 11.7 Å². The maximum atomic E-state index is 11.9. The largest absolute Gasteiger partial charge is 0.324 e. The van der Waals surface area contributed by atoms with Crippen molar-refractivity contribution < 1.29 is 4.79 Å². The van der Waals surface area contributed by atoms with Crippen LogP contribution in [0.15, 0.2) is 22.7 Å². The van der Waals surface area contributed by atoms with Crippen LogP contribution in [-0.2, 0) is 4.79 Å². The molecule has 1 atom stereocenters. The predicted octanol–water partition coefficient (Wildman–Crippen LogP) is 2.82. The van der Waals surface area contributed by atoms with Gasteiger partial charge in [0.1, 0.15) is 0 Å². The third kappa shape index (κ3) is 3.54. The van der Waals surface area contributed by atoms with Crippen LogP contribution in [0.1, 0.15) is 24.8 Å². The van der Waals surface area contributed by atoms with Crippen LogP contribution >= 0.6 is 15.9 Å². The molecule has 1 amide bonds.